The Kier molecular flexibility index (Phi) is 23.3. The van der Waals surface area contributed by atoms with Gasteiger partial charge in [0.25, 0.3) is 0 Å². The van der Waals surface area contributed by atoms with Crippen LogP contribution in [0.2, 0.25) is 0 Å². The van der Waals surface area contributed by atoms with Crippen LogP contribution in [0.25, 0.3) is 0 Å². The van der Waals surface area contributed by atoms with E-state index in [-0.39, 0.29) is 11.8 Å². The first-order chi connectivity index (χ1) is 16.1. The van der Waals surface area contributed by atoms with Gasteiger partial charge in [-0.15, -0.1) is 0 Å². The molecular weight excluding hydrogens is 432 g/mol. The first kappa shape index (κ1) is 31.1. The Bertz CT molecular complexity index is 507. The van der Waals surface area contributed by atoms with Gasteiger partial charge in [-0.2, -0.15) is 0 Å². The summed E-state index contributed by atoms with van der Waals surface area (Å²) in [4.78, 5) is 23.3. The van der Waals surface area contributed by atoms with Gasteiger partial charge in [-0.3, -0.25) is 9.59 Å². The van der Waals surface area contributed by atoms with Gasteiger partial charge in [0.2, 0.25) is 11.8 Å². The van der Waals surface area contributed by atoms with Crippen LogP contribution in [-0.2, 0) is 33.3 Å². The molecule has 0 heterocycles. The fourth-order valence-electron chi connectivity index (χ4n) is 2.38. The fraction of sp³-hybridized carbons (Fsp3) is 0.818. The van der Waals surface area contributed by atoms with Crippen LogP contribution in [0.1, 0.15) is 32.6 Å². The Balaban J connectivity index is 3.46. The molecule has 0 rings (SSSR count). The number of ether oxygens (including phenoxy) is 5. The number of nitrogens with two attached hydrogens (primary N) is 1. The molecule has 0 aliphatic rings. The minimum absolute atomic E-state index is 0.0431. The highest BCUT2D eigenvalue weighted by Crippen LogP contribution is 1.97. The zero-order chi connectivity index (χ0) is 24.4. The van der Waals surface area contributed by atoms with Crippen molar-refractivity contribution in [3.63, 3.8) is 0 Å². The lowest BCUT2D eigenvalue weighted by Crippen LogP contribution is -2.30. The summed E-state index contributed by atoms with van der Waals surface area (Å²) >= 11 is 0. The van der Waals surface area contributed by atoms with Gasteiger partial charge < -0.3 is 45.4 Å². The van der Waals surface area contributed by atoms with E-state index in [2.05, 4.69) is 16.0 Å². The van der Waals surface area contributed by atoms with Gasteiger partial charge in [-0.25, -0.2) is 0 Å². The Labute approximate surface area is 198 Å². The van der Waals surface area contributed by atoms with E-state index in [4.69, 9.17) is 29.4 Å². The Morgan fingerprint density at radius 3 is 1.91 bits per heavy atom. The highest BCUT2D eigenvalue weighted by molar-refractivity contribution is 5.76. The van der Waals surface area contributed by atoms with Crippen molar-refractivity contribution in [3.8, 4) is 0 Å². The summed E-state index contributed by atoms with van der Waals surface area (Å²) in [5, 5.41) is 8.67. The number of rotatable bonds is 24. The second kappa shape index (κ2) is 24.7. The monoisotopic (exact) mass is 476 g/mol. The van der Waals surface area contributed by atoms with Crippen molar-refractivity contribution in [2.45, 2.75) is 32.6 Å². The van der Waals surface area contributed by atoms with E-state index in [9.17, 15) is 9.59 Å². The number of carbonyl (C=O) groups is 2. The van der Waals surface area contributed by atoms with Gasteiger partial charge in [-0.05, 0) is 19.8 Å². The van der Waals surface area contributed by atoms with Gasteiger partial charge in [0.1, 0.15) is 0 Å². The number of hydrogen-bond acceptors (Lipinski definition) is 9. The Morgan fingerprint density at radius 2 is 1.30 bits per heavy atom. The highest BCUT2D eigenvalue weighted by Gasteiger charge is 2.03. The molecule has 0 fully saturated rings. The third-order valence-corrected chi connectivity index (χ3v) is 4.17. The smallest absolute Gasteiger partial charge is 0.222 e. The van der Waals surface area contributed by atoms with Crippen molar-refractivity contribution in [1.29, 1.82) is 0 Å². The molecule has 2 amide bonds. The number of nitrogens with one attached hydrogen (secondary N) is 3. The lowest BCUT2D eigenvalue weighted by atomic mass is 10.2. The summed E-state index contributed by atoms with van der Waals surface area (Å²) in [7, 11) is 1.64. The van der Waals surface area contributed by atoms with E-state index in [1.54, 1.807) is 13.3 Å². The fourth-order valence-corrected chi connectivity index (χ4v) is 2.38. The topological polar surface area (TPSA) is 142 Å². The van der Waals surface area contributed by atoms with Crippen LogP contribution in [0, 0.1) is 0 Å². The predicted octanol–water partition coefficient (Wildman–Crippen LogP) is -0.0984. The van der Waals surface area contributed by atoms with Gasteiger partial charge in [-0.1, -0.05) is 0 Å². The Hall–Kier alpha value is -1.92. The maximum Gasteiger partial charge on any atom is 0.222 e. The summed E-state index contributed by atoms with van der Waals surface area (Å²) in [6, 6.07) is 0. The molecule has 0 aromatic heterocycles. The summed E-state index contributed by atoms with van der Waals surface area (Å²) < 4.78 is 26.1. The van der Waals surface area contributed by atoms with Crippen molar-refractivity contribution in [2.24, 2.45) is 5.73 Å². The molecule has 0 spiro atoms. The number of allylic oxidation sites excluding steroid dienone is 1. The zero-order valence-electron chi connectivity index (χ0n) is 20.3. The van der Waals surface area contributed by atoms with Crippen molar-refractivity contribution in [2.75, 3.05) is 86.2 Å². The van der Waals surface area contributed by atoms with Crippen molar-refractivity contribution in [3.05, 3.63) is 11.9 Å². The van der Waals surface area contributed by atoms with Crippen LogP contribution in [0.3, 0.4) is 0 Å². The average molecular weight is 477 g/mol. The molecule has 194 valence electrons. The quantitative estimate of drug-likeness (QED) is 0.140. The van der Waals surface area contributed by atoms with Crippen molar-refractivity contribution < 1.29 is 33.3 Å². The molecule has 33 heavy (non-hydrogen) atoms. The van der Waals surface area contributed by atoms with Crippen LogP contribution in [-0.4, -0.2) is 98.0 Å². The summed E-state index contributed by atoms with van der Waals surface area (Å²) in [6.45, 7) is 8.35. The van der Waals surface area contributed by atoms with Crippen LogP contribution in [0.5, 0.6) is 0 Å². The Morgan fingerprint density at radius 1 is 0.727 bits per heavy atom. The van der Waals surface area contributed by atoms with E-state index in [0.29, 0.717) is 110 Å². The first-order valence-corrected chi connectivity index (χ1v) is 11.6. The molecule has 0 bridgehead atoms. The molecular formula is C22H44N4O7. The van der Waals surface area contributed by atoms with E-state index < -0.39 is 0 Å². The number of amides is 2. The third-order valence-electron chi connectivity index (χ3n) is 4.17. The molecule has 0 unspecified atom stereocenters. The molecule has 11 heteroatoms. The molecule has 0 saturated heterocycles. The van der Waals surface area contributed by atoms with Crippen LogP contribution in [0.15, 0.2) is 11.9 Å². The van der Waals surface area contributed by atoms with Crippen molar-refractivity contribution >= 4 is 11.8 Å². The van der Waals surface area contributed by atoms with Crippen LogP contribution in [0.4, 0.5) is 0 Å². The molecule has 0 aliphatic carbocycles. The molecule has 0 aromatic rings. The number of hydrogen-bond donors (Lipinski definition) is 4. The van der Waals surface area contributed by atoms with Crippen LogP contribution < -0.4 is 21.7 Å². The minimum atomic E-state index is -0.0681. The molecule has 0 saturated carbocycles. The normalized spacial score (nSPS) is 11.4. The van der Waals surface area contributed by atoms with E-state index in [1.165, 1.54) is 0 Å². The van der Waals surface area contributed by atoms with E-state index in [1.807, 2.05) is 6.92 Å². The zero-order valence-corrected chi connectivity index (χ0v) is 20.3. The van der Waals surface area contributed by atoms with Crippen molar-refractivity contribution in [1.82, 2.24) is 16.0 Å². The molecule has 0 aliphatic heterocycles. The average Bonchev–Trinajstić information content (AvgIpc) is 2.80. The summed E-state index contributed by atoms with van der Waals surface area (Å²) in [5.74, 6) is -0.111. The molecule has 5 N–H and O–H groups in total. The van der Waals surface area contributed by atoms with Gasteiger partial charge in [0, 0.05) is 58.1 Å². The summed E-state index contributed by atoms with van der Waals surface area (Å²) in [6.07, 6.45) is 3.50. The van der Waals surface area contributed by atoms with E-state index >= 15 is 0 Å². The standard InChI is InChI=1S/C22H44N4O7/c1-3-30-11-7-22(28)26-9-4-8-25-21(27)6-5-20(23)19-24-10-12-31-15-16-33-18-17-32-14-13-29-2/h19,24H,3-18,23H2,1-2H3,(H,25,27)(H,26,28)/b20-19-. The predicted molar refractivity (Wildman–Crippen MR) is 126 cm³/mol. The minimum Gasteiger partial charge on any atom is -0.401 e. The number of carbonyl (C=O) groups excluding carboxylic acids is 2. The molecule has 0 atom stereocenters. The lowest BCUT2D eigenvalue weighted by molar-refractivity contribution is -0.122. The highest BCUT2D eigenvalue weighted by atomic mass is 16.6. The maximum atomic E-state index is 11.8. The first-order valence-electron chi connectivity index (χ1n) is 11.6. The molecule has 11 nitrogen and oxygen atoms in total. The summed E-state index contributed by atoms with van der Waals surface area (Å²) in [5.41, 5.74) is 6.50. The number of methoxy groups -OCH3 is 1. The second-order valence-corrected chi connectivity index (χ2v) is 7.00. The van der Waals surface area contributed by atoms with Gasteiger partial charge in [0.15, 0.2) is 0 Å². The lowest BCUT2D eigenvalue weighted by Gasteiger charge is -2.08. The van der Waals surface area contributed by atoms with Gasteiger partial charge in [0.05, 0.1) is 52.9 Å². The second-order valence-electron chi connectivity index (χ2n) is 7.00. The van der Waals surface area contributed by atoms with Gasteiger partial charge >= 0.3 is 0 Å². The van der Waals surface area contributed by atoms with E-state index in [0.717, 1.165) is 0 Å². The largest absolute Gasteiger partial charge is 0.401 e. The SMILES string of the molecule is CCOCCC(=O)NCCCNC(=O)CC/C(N)=C/NCCOCCOCCOCCOC. The third kappa shape index (κ3) is 24.6. The maximum absolute atomic E-state index is 11.8. The van der Waals surface area contributed by atoms with Crippen LogP contribution >= 0.6 is 0 Å². The molecule has 0 radical (unpaired) electrons. The molecule has 0 aromatic carbocycles.